The summed E-state index contributed by atoms with van der Waals surface area (Å²) in [7, 11) is 0. The third-order valence-corrected chi connectivity index (χ3v) is 3.76. The van der Waals surface area contributed by atoms with E-state index in [1.165, 1.54) is 39.1 Å². The second-order valence-electron chi connectivity index (χ2n) is 4.78. The van der Waals surface area contributed by atoms with Gasteiger partial charge in [0.2, 0.25) is 0 Å². The van der Waals surface area contributed by atoms with Crippen molar-refractivity contribution >= 4 is 0 Å². The monoisotopic (exact) mass is 213 g/mol. The minimum atomic E-state index is 0.350. The Balaban J connectivity index is 2.23. The molecule has 0 unspecified atom stereocenters. The zero-order valence-corrected chi connectivity index (χ0v) is 10.6. The molecular formula is C12H27N3. The van der Waals surface area contributed by atoms with Crippen molar-refractivity contribution in [2.45, 2.75) is 33.2 Å². The van der Waals surface area contributed by atoms with Gasteiger partial charge in [-0.2, -0.15) is 0 Å². The quantitative estimate of drug-likeness (QED) is 0.739. The van der Waals surface area contributed by atoms with Gasteiger partial charge in [-0.25, -0.2) is 0 Å². The lowest BCUT2D eigenvalue weighted by Gasteiger charge is -2.36. The highest BCUT2D eigenvalue weighted by Crippen LogP contribution is 2.08. The van der Waals surface area contributed by atoms with Crippen molar-refractivity contribution in [1.82, 2.24) is 9.80 Å². The Hall–Kier alpha value is -0.120. The molecule has 0 amide bonds. The van der Waals surface area contributed by atoms with E-state index < -0.39 is 0 Å². The fourth-order valence-corrected chi connectivity index (χ4v) is 2.07. The molecule has 3 nitrogen and oxygen atoms in total. The van der Waals surface area contributed by atoms with Crippen LogP contribution >= 0.6 is 0 Å². The standard InChI is InChI=1S/C12H27N3/c1-4-11(3)12(13)10-15-8-6-14(5-2)7-9-15/h11-12H,4-10,13H2,1-3H3/t11-,12+/m0/s1. The van der Waals surface area contributed by atoms with Crippen LogP contribution in [0.4, 0.5) is 0 Å². The fraction of sp³-hybridized carbons (Fsp3) is 1.00. The molecule has 1 rings (SSSR count). The van der Waals surface area contributed by atoms with E-state index in [0.29, 0.717) is 12.0 Å². The third-order valence-electron chi connectivity index (χ3n) is 3.76. The molecule has 2 atom stereocenters. The first-order valence-corrected chi connectivity index (χ1v) is 6.37. The normalized spacial score (nSPS) is 24.0. The molecule has 1 fully saturated rings. The number of rotatable bonds is 5. The summed E-state index contributed by atoms with van der Waals surface area (Å²) >= 11 is 0. The predicted molar refractivity (Wildman–Crippen MR) is 66.0 cm³/mol. The summed E-state index contributed by atoms with van der Waals surface area (Å²) in [6.07, 6.45) is 1.19. The molecule has 0 bridgehead atoms. The van der Waals surface area contributed by atoms with E-state index >= 15 is 0 Å². The Kier molecular flexibility index (Phi) is 5.58. The molecule has 0 aromatic heterocycles. The summed E-state index contributed by atoms with van der Waals surface area (Å²) in [6.45, 7) is 13.8. The van der Waals surface area contributed by atoms with Crippen molar-refractivity contribution in [1.29, 1.82) is 0 Å². The topological polar surface area (TPSA) is 32.5 Å². The van der Waals surface area contributed by atoms with Crippen molar-refractivity contribution in [2.24, 2.45) is 11.7 Å². The van der Waals surface area contributed by atoms with Gasteiger partial charge in [0.05, 0.1) is 0 Å². The Morgan fingerprint density at radius 1 is 1.07 bits per heavy atom. The SMILES string of the molecule is CC[C@H](C)[C@H](N)CN1CCN(CC)CC1. The maximum absolute atomic E-state index is 6.17. The van der Waals surface area contributed by atoms with E-state index in [4.69, 9.17) is 5.73 Å². The van der Waals surface area contributed by atoms with E-state index in [1.54, 1.807) is 0 Å². The van der Waals surface area contributed by atoms with E-state index in [2.05, 4.69) is 30.6 Å². The van der Waals surface area contributed by atoms with Gasteiger partial charge < -0.3 is 10.6 Å². The van der Waals surface area contributed by atoms with Gasteiger partial charge >= 0.3 is 0 Å². The third kappa shape index (κ3) is 4.09. The highest BCUT2D eigenvalue weighted by molar-refractivity contribution is 4.77. The molecule has 0 spiro atoms. The van der Waals surface area contributed by atoms with Crippen LogP contribution in [0.5, 0.6) is 0 Å². The van der Waals surface area contributed by atoms with Gasteiger partial charge in [0.15, 0.2) is 0 Å². The van der Waals surface area contributed by atoms with Gasteiger partial charge in [-0.05, 0) is 12.5 Å². The van der Waals surface area contributed by atoms with Gasteiger partial charge in [0.1, 0.15) is 0 Å². The minimum absolute atomic E-state index is 0.350. The van der Waals surface area contributed by atoms with E-state index in [9.17, 15) is 0 Å². The summed E-state index contributed by atoms with van der Waals surface area (Å²) in [4.78, 5) is 5.02. The molecule has 90 valence electrons. The van der Waals surface area contributed by atoms with Crippen LogP contribution in [-0.2, 0) is 0 Å². The Bertz CT molecular complexity index is 164. The van der Waals surface area contributed by atoms with Gasteiger partial charge in [0.25, 0.3) is 0 Å². The first-order chi connectivity index (χ1) is 7.17. The Labute approximate surface area is 94.6 Å². The van der Waals surface area contributed by atoms with Crippen LogP contribution in [0.15, 0.2) is 0 Å². The molecule has 1 aliphatic heterocycles. The second-order valence-corrected chi connectivity index (χ2v) is 4.78. The lowest BCUT2D eigenvalue weighted by molar-refractivity contribution is 0.125. The second kappa shape index (κ2) is 6.46. The lowest BCUT2D eigenvalue weighted by atomic mass is 9.99. The lowest BCUT2D eigenvalue weighted by Crippen LogP contribution is -2.50. The number of hydrogen-bond acceptors (Lipinski definition) is 3. The number of hydrogen-bond donors (Lipinski definition) is 1. The summed E-state index contributed by atoms with van der Waals surface area (Å²) in [6, 6.07) is 0.350. The zero-order valence-electron chi connectivity index (χ0n) is 10.6. The van der Waals surface area contributed by atoms with Crippen LogP contribution in [0.3, 0.4) is 0 Å². The summed E-state index contributed by atoms with van der Waals surface area (Å²) < 4.78 is 0. The molecule has 0 saturated carbocycles. The van der Waals surface area contributed by atoms with Crippen LogP contribution in [0.2, 0.25) is 0 Å². The van der Waals surface area contributed by atoms with Crippen LogP contribution in [0.1, 0.15) is 27.2 Å². The van der Waals surface area contributed by atoms with E-state index in [1.807, 2.05) is 0 Å². The number of likely N-dealkylation sites (N-methyl/N-ethyl adjacent to an activating group) is 1. The molecular weight excluding hydrogens is 186 g/mol. The van der Waals surface area contributed by atoms with Crippen molar-refractivity contribution in [3.63, 3.8) is 0 Å². The summed E-state index contributed by atoms with van der Waals surface area (Å²) in [5.41, 5.74) is 6.17. The first kappa shape index (κ1) is 12.9. The fourth-order valence-electron chi connectivity index (χ4n) is 2.07. The number of nitrogens with two attached hydrogens (primary N) is 1. The van der Waals surface area contributed by atoms with Gasteiger partial charge in [-0.1, -0.05) is 27.2 Å². The molecule has 1 saturated heterocycles. The van der Waals surface area contributed by atoms with E-state index in [-0.39, 0.29) is 0 Å². The number of nitrogens with zero attached hydrogens (tertiary/aromatic N) is 2. The average Bonchev–Trinajstić information content (AvgIpc) is 2.29. The summed E-state index contributed by atoms with van der Waals surface area (Å²) in [5.74, 6) is 0.647. The predicted octanol–water partition coefficient (Wildman–Crippen LogP) is 0.997. The highest BCUT2D eigenvalue weighted by atomic mass is 15.3. The molecule has 0 aromatic rings. The van der Waals surface area contributed by atoms with Crippen molar-refractivity contribution < 1.29 is 0 Å². The molecule has 3 heteroatoms. The highest BCUT2D eigenvalue weighted by Gasteiger charge is 2.19. The average molecular weight is 213 g/mol. The minimum Gasteiger partial charge on any atom is -0.326 e. The van der Waals surface area contributed by atoms with Crippen molar-refractivity contribution in [2.75, 3.05) is 39.3 Å². The molecule has 1 aliphatic rings. The molecule has 1 heterocycles. The largest absolute Gasteiger partial charge is 0.326 e. The van der Waals surface area contributed by atoms with Crippen molar-refractivity contribution in [3.8, 4) is 0 Å². The van der Waals surface area contributed by atoms with Gasteiger partial charge in [-0.15, -0.1) is 0 Å². The zero-order chi connectivity index (χ0) is 11.3. The molecule has 0 radical (unpaired) electrons. The van der Waals surface area contributed by atoms with Crippen LogP contribution in [0, 0.1) is 5.92 Å². The van der Waals surface area contributed by atoms with Crippen molar-refractivity contribution in [3.05, 3.63) is 0 Å². The number of piperazine rings is 1. The van der Waals surface area contributed by atoms with Gasteiger partial charge in [0, 0.05) is 38.8 Å². The van der Waals surface area contributed by atoms with Crippen LogP contribution < -0.4 is 5.73 Å². The molecule has 15 heavy (non-hydrogen) atoms. The smallest absolute Gasteiger partial charge is 0.0193 e. The molecule has 0 aromatic carbocycles. The Morgan fingerprint density at radius 3 is 2.07 bits per heavy atom. The van der Waals surface area contributed by atoms with Gasteiger partial charge in [-0.3, -0.25) is 4.90 Å². The molecule has 2 N–H and O–H groups in total. The van der Waals surface area contributed by atoms with Crippen LogP contribution in [0.25, 0.3) is 0 Å². The van der Waals surface area contributed by atoms with Crippen LogP contribution in [-0.4, -0.2) is 55.1 Å². The summed E-state index contributed by atoms with van der Waals surface area (Å²) in [5, 5.41) is 0. The van der Waals surface area contributed by atoms with E-state index in [0.717, 1.165) is 6.54 Å². The maximum Gasteiger partial charge on any atom is 0.0193 e. The molecule has 0 aliphatic carbocycles. The Morgan fingerprint density at radius 2 is 1.60 bits per heavy atom. The first-order valence-electron chi connectivity index (χ1n) is 6.37. The maximum atomic E-state index is 6.17.